The molecule has 0 bridgehead atoms. The molecule has 2 fully saturated rings. The molecule has 1 saturated heterocycles. The topological polar surface area (TPSA) is 116 Å². The molecule has 3 amide bonds. The summed E-state index contributed by atoms with van der Waals surface area (Å²) in [5.41, 5.74) is 2.25. The number of nitrogens with one attached hydrogen (secondary N) is 1. The molecule has 0 spiro atoms. The van der Waals surface area contributed by atoms with Crippen molar-refractivity contribution >= 4 is 17.9 Å². The third-order valence-corrected chi connectivity index (χ3v) is 5.96. The average Bonchev–Trinajstić information content (AvgIpc) is 3.64. The lowest BCUT2D eigenvalue weighted by molar-refractivity contribution is -0.119. The number of hydrogen-bond donors (Lipinski definition) is 2. The number of carboxylic acid groups (broad SMARTS) is 1. The third kappa shape index (κ3) is 5.04. The maximum atomic E-state index is 13.2. The van der Waals surface area contributed by atoms with Gasteiger partial charge in [0.25, 0.3) is 5.91 Å². The molecule has 2 heterocycles. The summed E-state index contributed by atoms with van der Waals surface area (Å²) in [4.78, 5) is 47.6. The van der Waals surface area contributed by atoms with Gasteiger partial charge in [0.1, 0.15) is 0 Å². The standard InChI is InChI=1S/C23H27N5O4/c1-15(29)24-12-16-2-4-17(5-3-16)21-25-13-18(14-26-21)22(30)28(19-6-7-19)20-8-10-27(11-9-20)23(31)32/h2-5,13-14,19-20H,6-12H2,1H3,(H,24,29)(H,31,32). The maximum absolute atomic E-state index is 13.2. The Morgan fingerprint density at radius 3 is 2.16 bits per heavy atom. The Labute approximate surface area is 186 Å². The van der Waals surface area contributed by atoms with E-state index >= 15 is 0 Å². The van der Waals surface area contributed by atoms with Gasteiger partial charge in [-0.3, -0.25) is 9.59 Å². The Balaban J connectivity index is 1.43. The SMILES string of the molecule is CC(=O)NCc1ccc(-c2ncc(C(=O)N(C3CC3)C3CCN(C(=O)O)CC3)cn2)cc1. The smallest absolute Gasteiger partial charge is 0.407 e. The van der Waals surface area contributed by atoms with Gasteiger partial charge in [-0.05, 0) is 31.2 Å². The van der Waals surface area contributed by atoms with Crippen molar-refractivity contribution in [3.05, 3.63) is 47.8 Å². The number of rotatable bonds is 6. The largest absolute Gasteiger partial charge is 0.465 e. The van der Waals surface area contributed by atoms with Crippen LogP contribution in [0.4, 0.5) is 4.79 Å². The Morgan fingerprint density at radius 1 is 1.03 bits per heavy atom. The van der Waals surface area contributed by atoms with E-state index in [1.807, 2.05) is 29.2 Å². The maximum Gasteiger partial charge on any atom is 0.407 e. The van der Waals surface area contributed by atoms with Crippen molar-refractivity contribution in [2.45, 2.75) is 51.2 Å². The zero-order valence-electron chi connectivity index (χ0n) is 18.0. The van der Waals surface area contributed by atoms with E-state index in [1.54, 1.807) is 12.4 Å². The highest BCUT2D eigenvalue weighted by Gasteiger charge is 2.39. The number of carbonyl (C=O) groups excluding carboxylic acids is 2. The molecule has 4 rings (SSSR count). The van der Waals surface area contributed by atoms with Gasteiger partial charge in [0.2, 0.25) is 5.91 Å². The molecule has 1 saturated carbocycles. The Kier molecular flexibility index (Phi) is 6.34. The number of piperidine rings is 1. The van der Waals surface area contributed by atoms with E-state index in [1.165, 1.54) is 11.8 Å². The number of aromatic nitrogens is 2. The van der Waals surface area contributed by atoms with Gasteiger partial charge in [0.05, 0.1) is 5.56 Å². The van der Waals surface area contributed by atoms with E-state index in [2.05, 4.69) is 15.3 Å². The van der Waals surface area contributed by atoms with Gasteiger partial charge in [-0.1, -0.05) is 24.3 Å². The van der Waals surface area contributed by atoms with E-state index in [0.717, 1.165) is 24.0 Å². The molecule has 2 aromatic rings. The van der Waals surface area contributed by atoms with Crippen molar-refractivity contribution in [2.75, 3.05) is 13.1 Å². The van der Waals surface area contributed by atoms with Crippen LogP contribution in [0, 0.1) is 0 Å². The van der Waals surface area contributed by atoms with E-state index in [-0.39, 0.29) is 23.9 Å². The second-order valence-electron chi connectivity index (χ2n) is 8.35. The molecule has 0 unspecified atom stereocenters. The normalized spacial score (nSPS) is 16.5. The molecule has 1 aromatic carbocycles. The number of amides is 3. The number of carbonyl (C=O) groups is 3. The summed E-state index contributed by atoms with van der Waals surface area (Å²) >= 11 is 0. The molecule has 2 aliphatic rings. The summed E-state index contributed by atoms with van der Waals surface area (Å²) in [6.07, 6.45) is 5.50. The molecule has 2 N–H and O–H groups in total. The van der Waals surface area contributed by atoms with E-state index < -0.39 is 6.09 Å². The zero-order valence-corrected chi connectivity index (χ0v) is 18.0. The van der Waals surface area contributed by atoms with E-state index in [4.69, 9.17) is 5.11 Å². The lowest BCUT2D eigenvalue weighted by Gasteiger charge is -2.37. The van der Waals surface area contributed by atoms with Gasteiger partial charge in [0.15, 0.2) is 5.82 Å². The predicted molar refractivity (Wildman–Crippen MR) is 117 cm³/mol. The third-order valence-electron chi connectivity index (χ3n) is 5.96. The van der Waals surface area contributed by atoms with Gasteiger partial charge in [-0.2, -0.15) is 0 Å². The van der Waals surface area contributed by atoms with Gasteiger partial charge in [-0.15, -0.1) is 0 Å². The van der Waals surface area contributed by atoms with Crippen molar-refractivity contribution < 1.29 is 19.5 Å². The quantitative estimate of drug-likeness (QED) is 0.718. The molecule has 0 atom stereocenters. The van der Waals surface area contributed by atoms with Crippen molar-refractivity contribution in [1.82, 2.24) is 25.1 Å². The number of nitrogens with zero attached hydrogens (tertiary/aromatic N) is 4. The fourth-order valence-electron chi connectivity index (χ4n) is 4.05. The van der Waals surface area contributed by atoms with Crippen molar-refractivity contribution in [2.24, 2.45) is 0 Å². The first-order valence-corrected chi connectivity index (χ1v) is 10.9. The van der Waals surface area contributed by atoms with Crippen LogP contribution in [0.25, 0.3) is 11.4 Å². The van der Waals surface area contributed by atoms with Crippen molar-refractivity contribution in [1.29, 1.82) is 0 Å². The van der Waals surface area contributed by atoms with E-state index in [9.17, 15) is 14.4 Å². The van der Waals surface area contributed by atoms with Crippen LogP contribution in [0.5, 0.6) is 0 Å². The van der Waals surface area contributed by atoms with Crippen LogP contribution in [-0.4, -0.2) is 68.0 Å². The van der Waals surface area contributed by atoms with Gasteiger partial charge >= 0.3 is 6.09 Å². The summed E-state index contributed by atoms with van der Waals surface area (Å²) in [5, 5.41) is 11.9. The average molecular weight is 438 g/mol. The predicted octanol–water partition coefficient (Wildman–Crippen LogP) is 2.53. The first kappa shape index (κ1) is 21.7. The summed E-state index contributed by atoms with van der Waals surface area (Å²) in [7, 11) is 0. The molecular formula is C23H27N5O4. The first-order valence-electron chi connectivity index (χ1n) is 10.9. The van der Waals surface area contributed by atoms with Crippen LogP contribution in [0.1, 0.15) is 48.5 Å². The first-order chi connectivity index (χ1) is 15.4. The summed E-state index contributed by atoms with van der Waals surface area (Å²) in [5.74, 6) is 0.365. The van der Waals surface area contributed by atoms with Crippen LogP contribution in [0.15, 0.2) is 36.7 Å². The van der Waals surface area contributed by atoms with Gasteiger partial charge in [-0.25, -0.2) is 14.8 Å². The molecule has 0 radical (unpaired) electrons. The van der Waals surface area contributed by atoms with Crippen LogP contribution < -0.4 is 5.32 Å². The highest BCUT2D eigenvalue weighted by atomic mass is 16.4. The second kappa shape index (κ2) is 9.33. The Bertz CT molecular complexity index is 980. The molecule has 1 aliphatic carbocycles. The van der Waals surface area contributed by atoms with Crippen molar-refractivity contribution in [3.8, 4) is 11.4 Å². The van der Waals surface area contributed by atoms with Gasteiger partial charge in [0, 0.05) is 56.6 Å². The molecule has 168 valence electrons. The van der Waals surface area contributed by atoms with Crippen LogP contribution in [0.3, 0.4) is 0 Å². The minimum atomic E-state index is -0.903. The van der Waals surface area contributed by atoms with Crippen LogP contribution in [0.2, 0.25) is 0 Å². The highest BCUT2D eigenvalue weighted by Crippen LogP contribution is 2.33. The van der Waals surface area contributed by atoms with Crippen LogP contribution >= 0.6 is 0 Å². The number of likely N-dealkylation sites (tertiary alicyclic amines) is 1. The minimum absolute atomic E-state index is 0.0430. The zero-order chi connectivity index (χ0) is 22.7. The van der Waals surface area contributed by atoms with Crippen LogP contribution in [-0.2, 0) is 11.3 Å². The molecule has 9 nitrogen and oxygen atoms in total. The van der Waals surface area contributed by atoms with Gasteiger partial charge < -0.3 is 20.2 Å². The lowest BCUT2D eigenvalue weighted by atomic mass is 10.0. The minimum Gasteiger partial charge on any atom is -0.465 e. The number of hydrogen-bond acceptors (Lipinski definition) is 5. The molecule has 1 aromatic heterocycles. The van der Waals surface area contributed by atoms with Crippen molar-refractivity contribution in [3.63, 3.8) is 0 Å². The highest BCUT2D eigenvalue weighted by molar-refractivity contribution is 5.94. The fraction of sp³-hybridized carbons (Fsp3) is 0.435. The monoisotopic (exact) mass is 437 g/mol. The molecule has 32 heavy (non-hydrogen) atoms. The Morgan fingerprint density at radius 2 is 1.62 bits per heavy atom. The summed E-state index contributed by atoms with van der Waals surface area (Å²) < 4.78 is 0. The van der Waals surface area contributed by atoms with E-state index in [0.29, 0.717) is 43.9 Å². The summed E-state index contributed by atoms with van der Waals surface area (Å²) in [6.45, 7) is 2.84. The molecule has 1 aliphatic heterocycles. The summed E-state index contributed by atoms with van der Waals surface area (Å²) in [6, 6.07) is 7.86. The molecule has 9 heteroatoms. The fourth-order valence-corrected chi connectivity index (χ4v) is 4.05. The number of benzene rings is 1. The Hall–Kier alpha value is -3.49. The lowest BCUT2D eigenvalue weighted by Crippen LogP contribution is -2.49. The second-order valence-corrected chi connectivity index (χ2v) is 8.35. The molecular weight excluding hydrogens is 410 g/mol.